The van der Waals surface area contributed by atoms with Crippen LogP contribution in [0.25, 0.3) is 22.2 Å². The standard InChI is InChI=1S/C12H7ClFN3O/c13-5-10-16-12(17-18-10)8-2-1-7-3-4-15-6-9(7)11(8)14/h1-4,6H,5H2. The van der Waals surface area contributed by atoms with Gasteiger partial charge in [0, 0.05) is 17.8 Å². The van der Waals surface area contributed by atoms with Gasteiger partial charge < -0.3 is 4.52 Å². The molecule has 1 aromatic carbocycles. The molecular weight excluding hydrogens is 257 g/mol. The second-order valence-corrected chi connectivity index (χ2v) is 3.94. The second kappa shape index (κ2) is 4.34. The number of nitrogens with zero attached hydrogens (tertiary/aromatic N) is 3. The van der Waals surface area contributed by atoms with E-state index < -0.39 is 5.82 Å². The Morgan fingerprint density at radius 3 is 2.94 bits per heavy atom. The van der Waals surface area contributed by atoms with E-state index in [0.717, 1.165) is 5.39 Å². The van der Waals surface area contributed by atoms with Gasteiger partial charge in [0.25, 0.3) is 0 Å². The molecule has 0 unspecified atom stereocenters. The molecule has 0 spiro atoms. The maximum atomic E-state index is 14.3. The number of aromatic nitrogens is 3. The lowest BCUT2D eigenvalue weighted by Gasteiger charge is -2.02. The van der Waals surface area contributed by atoms with Crippen LogP contribution in [0.5, 0.6) is 0 Å². The molecule has 0 aliphatic heterocycles. The summed E-state index contributed by atoms with van der Waals surface area (Å²) in [6, 6.07) is 5.13. The van der Waals surface area contributed by atoms with Crippen molar-refractivity contribution in [1.82, 2.24) is 15.1 Å². The average Bonchev–Trinajstić information content (AvgIpc) is 2.88. The highest BCUT2D eigenvalue weighted by Crippen LogP contribution is 2.26. The molecule has 2 aromatic heterocycles. The molecule has 0 aliphatic rings. The maximum Gasteiger partial charge on any atom is 0.241 e. The molecule has 90 valence electrons. The highest BCUT2D eigenvalue weighted by molar-refractivity contribution is 6.16. The van der Waals surface area contributed by atoms with E-state index in [4.69, 9.17) is 16.1 Å². The van der Waals surface area contributed by atoms with Crippen LogP contribution in [-0.4, -0.2) is 15.1 Å². The third-order valence-corrected chi connectivity index (χ3v) is 2.81. The number of benzene rings is 1. The van der Waals surface area contributed by atoms with Gasteiger partial charge in [-0.05, 0) is 17.5 Å². The third kappa shape index (κ3) is 1.73. The van der Waals surface area contributed by atoms with E-state index in [1.807, 2.05) is 0 Å². The highest BCUT2D eigenvalue weighted by Gasteiger charge is 2.14. The zero-order valence-electron chi connectivity index (χ0n) is 9.10. The van der Waals surface area contributed by atoms with Crippen molar-refractivity contribution >= 4 is 22.4 Å². The Kier molecular flexibility index (Phi) is 2.68. The molecule has 0 bridgehead atoms. The molecule has 18 heavy (non-hydrogen) atoms. The SMILES string of the molecule is Fc1c(-c2noc(CCl)n2)ccc2ccncc12. The predicted molar refractivity (Wildman–Crippen MR) is 64.6 cm³/mol. The molecule has 0 saturated heterocycles. The summed E-state index contributed by atoms with van der Waals surface area (Å²) in [4.78, 5) is 7.90. The van der Waals surface area contributed by atoms with Crippen molar-refractivity contribution in [2.45, 2.75) is 5.88 Å². The predicted octanol–water partition coefficient (Wildman–Crippen LogP) is 3.16. The summed E-state index contributed by atoms with van der Waals surface area (Å²) in [6.07, 6.45) is 3.08. The van der Waals surface area contributed by atoms with Gasteiger partial charge in [0.2, 0.25) is 11.7 Å². The topological polar surface area (TPSA) is 51.8 Å². The molecule has 0 radical (unpaired) electrons. The van der Waals surface area contributed by atoms with Crippen molar-refractivity contribution in [2.24, 2.45) is 0 Å². The molecule has 0 amide bonds. The molecule has 4 nitrogen and oxygen atoms in total. The van der Waals surface area contributed by atoms with E-state index >= 15 is 0 Å². The first-order valence-electron chi connectivity index (χ1n) is 5.21. The molecular formula is C12H7ClFN3O. The minimum atomic E-state index is -0.414. The molecule has 6 heteroatoms. The molecule has 0 fully saturated rings. The van der Waals surface area contributed by atoms with Crippen LogP contribution in [0.2, 0.25) is 0 Å². The van der Waals surface area contributed by atoms with E-state index in [9.17, 15) is 4.39 Å². The van der Waals surface area contributed by atoms with Crippen molar-refractivity contribution < 1.29 is 8.91 Å². The van der Waals surface area contributed by atoms with Gasteiger partial charge in [-0.3, -0.25) is 4.98 Å². The van der Waals surface area contributed by atoms with Crippen molar-refractivity contribution in [1.29, 1.82) is 0 Å². The number of hydrogen-bond acceptors (Lipinski definition) is 4. The van der Waals surface area contributed by atoms with Crippen LogP contribution in [0.3, 0.4) is 0 Å². The van der Waals surface area contributed by atoms with Gasteiger partial charge in [0.1, 0.15) is 11.7 Å². The van der Waals surface area contributed by atoms with Gasteiger partial charge in [0.05, 0.1) is 5.56 Å². The Bertz CT molecular complexity index is 713. The van der Waals surface area contributed by atoms with Gasteiger partial charge in [0.15, 0.2) is 0 Å². The van der Waals surface area contributed by atoms with Crippen LogP contribution in [-0.2, 0) is 5.88 Å². The maximum absolute atomic E-state index is 14.3. The van der Waals surface area contributed by atoms with Crippen LogP contribution in [0.15, 0.2) is 35.1 Å². The van der Waals surface area contributed by atoms with Gasteiger partial charge >= 0.3 is 0 Å². The van der Waals surface area contributed by atoms with Crippen molar-refractivity contribution in [3.8, 4) is 11.4 Å². The summed E-state index contributed by atoms with van der Waals surface area (Å²) >= 11 is 5.56. The molecule has 0 aliphatic carbocycles. The first-order chi connectivity index (χ1) is 8.79. The van der Waals surface area contributed by atoms with Gasteiger partial charge in [-0.2, -0.15) is 4.98 Å². The smallest absolute Gasteiger partial charge is 0.241 e. The van der Waals surface area contributed by atoms with E-state index in [-0.39, 0.29) is 23.2 Å². The largest absolute Gasteiger partial charge is 0.338 e. The number of alkyl halides is 1. The average molecular weight is 264 g/mol. The fourth-order valence-corrected chi connectivity index (χ4v) is 1.83. The van der Waals surface area contributed by atoms with E-state index in [1.54, 1.807) is 24.4 Å². The number of halogens is 2. The third-order valence-electron chi connectivity index (χ3n) is 2.58. The summed E-state index contributed by atoms with van der Waals surface area (Å²) in [5, 5.41) is 4.89. The number of hydrogen-bond donors (Lipinski definition) is 0. The minimum Gasteiger partial charge on any atom is -0.338 e. The summed E-state index contributed by atoms with van der Waals surface area (Å²) in [5.74, 6) is 0.137. The molecule has 3 aromatic rings. The van der Waals surface area contributed by atoms with E-state index in [2.05, 4.69) is 15.1 Å². The van der Waals surface area contributed by atoms with Gasteiger partial charge in [-0.15, -0.1) is 11.6 Å². The Labute approximate surface area is 106 Å². The molecule has 0 N–H and O–H groups in total. The normalized spacial score (nSPS) is 11.0. The molecule has 0 atom stereocenters. The van der Waals surface area contributed by atoms with E-state index in [1.165, 1.54) is 6.20 Å². The van der Waals surface area contributed by atoms with Crippen LogP contribution < -0.4 is 0 Å². The lowest BCUT2D eigenvalue weighted by Crippen LogP contribution is -1.89. The summed E-state index contributed by atoms with van der Waals surface area (Å²) < 4.78 is 19.1. The highest BCUT2D eigenvalue weighted by atomic mass is 35.5. The summed E-state index contributed by atoms with van der Waals surface area (Å²) in [7, 11) is 0. The fraction of sp³-hybridized carbons (Fsp3) is 0.0833. The Hall–Kier alpha value is -2.01. The quantitative estimate of drug-likeness (QED) is 0.667. The lowest BCUT2D eigenvalue weighted by atomic mass is 10.1. The first kappa shape index (κ1) is 11.1. The number of pyridine rings is 1. The number of rotatable bonds is 2. The monoisotopic (exact) mass is 263 g/mol. The zero-order chi connectivity index (χ0) is 12.5. The van der Waals surface area contributed by atoms with Crippen molar-refractivity contribution in [3.63, 3.8) is 0 Å². The Balaban J connectivity index is 2.20. The van der Waals surface area contributed by atoms with Crippen molar-refractivity contribution in [2.75, 3.05) is 0 Å². The first-order valence-corrected chi connectivity index (χ1v) is 5.74. The van der Waals surface area contributed by atoms with E-state index in [0.29, 0.717) is 5.39 Å². The Morgan fingerprint density at radius 2 is 2.17 bits per heavy atom. The van der Waals surface area contributed by atoms with Crippen LogP contribution in [0.1, 0.15) is 5.89 Å². The van der Waals surface area contributed by atoms with Crippen molar-refractivity contribution in [3.05, 3.63) is 42.3 Å². The van der Waals surface area contributed by atoms with Gasteiger partial charge in [-0.25, -0.2) is 4.39 Å². The molecule has 0 saturated carbocycles. The van der Waals surface area contributed by atoms with Crippen LogP contribution >= 0.6 is 11.6 Å². The van der Waals surface area contributed by atoms with Gasteiger partial charge in [-0.1, -0.05) is 11.2 Å². The Morgan fingerprint density at radius 1 is 1.28 bits per heavy atom. The molecule has 2 heterocycles. The summed E-state index contributed by atoms with van der Waals surface area (Å²) in [6.45, 7) is 0. The minimum absolute atomic E-state index is 0.101. The fourth-order valence-electron chi connectivity index (χ4n) is 1.72. The molecule has 3 rings (SSSR count). The second-order valence-electron chi connectivity index (χ2n) is 3.67. The lowest BCUT2D eigenvalue weighted by molar-refractivity contribution is 0.390. The number of fused-ring (bicyclic) bond motifs is 1. The summed E-state index contributed by atoms with van der Waals surface area (Å²) in [5.41, 5.74) is 0.274. The van der Waals surface area contributed by atoms with Crippen LogP contribution in [0.4, 0.5) is 4.39 Å². The zero-order valence-corrected chi connectivity index (χ0v) is 9.86. The van der Waals surface area contributed by atoms with Crippen LogP contribution in [0, 0.1) is 5.82 Å².